The number of likely N-dealkylation sites (tertiary alicyclic amines) is 2. The van der Waals surface area contributed by atoms with Crippen LogP contribution in [0.1, 0.15) is 39.5 Å². The van der Waals surface area contributed by atoms with Crippen molar-refractivity contribution in [3.63, 3.8) is 0 Å². The fourth-order valence-electron chi connectivity index (χ4n) is 3.60. The van der Waals surface area contributed by atoms with Crippen LogP contribution in [0, 0.1) is 0 Å². The van der Waals surface area contributed by atoms with Crippen LogP contribution in [0.5, 0.6) is 0 Å². The maximum Gasteiger partial charge on any atom is 0.409 e. The third kappa shape index (κ3) is 4.10. The van der Waals surface area contributed by atoms with Gasteiger partial charge >= 0.3 is 6.09 Å². The van der Waals surface area contributed by atoms with E-state index in [1.807, 2.05) is 11.8 Å². The molecule has 1 amide bonds. The molecule has 2 aliphatic rings. The van der Waals surface area contributed by atoms with Gasteiger partial charge in [0.25, 0.3) is 0 Å². The Balaban J connectivity index is 1.80. The normalized spacial score (nSPS) is 28.9. The van der Waals surface area contributed by atoms with E-state index in [1.165, 1.54) is 19.4 Å². The van der Waals surface area contributed by atoms with E-state index < -0.39 is 0 Å². The largest absolute Gasteiger partial charge is 0.450 e. The second kappa shape index (κ2) is 7.45. The van der Waals surface area contributed by atoms with E-state index in [4.69, 9.17) is 4.74 Å². The quantitative estimate of drug-likeness (QED) is 0.798. The molecule has 0 radical (unpaired) electrons. The van der Waals surface area contributed by atoms with Crippen LogP contribution in [-0.2, 0) is 4.74 Å². The van der Waals surface area contributed by atoms with Crippen molar-refractivity contribution >= 4 is 6.09 Å². The standard InChI is InChI=1S/C16H31N3O2/c1-5-21-16(20)19-10-7-14(8-11-19)18(4)15-6-9-17(3)13(2)12-15/h13-15H,5-12H2,1-4H3/t13-,15-/m0/s1. The predicted octanol–water partition coefficient (Wildman–Crippen LogP) is 2.02. The molecule has 2 heterocycles. The van der Waals surface area contributed by atoms with Crippen molar-refractivity contribution in [2.75, 3.05) is 40.3 Å². The van der Waals surface area contributed by atoms with Crippen LogP contribution in [0.25, 0.3) is 0 Å². The van der Waals surface area contributed by atoms with E-state index in [1.54, 1.807) is 0 Å². The van der Waals surface area contributed by atoms with Gasteiger partial charge in [0.05, 0.1) is 6.61 Å². The molecule has 0 aliphatic carbocycles. The highest BCUT2D eigenvalue weighted by atomic mass is 16.6. The molecule has 5 heteroatoms. The molecule has 0 aromatic rings. The van der Waals surface area contributed by atoms with Crippen LogP contribution in [-0.4, -0.2) is 79.3 Å². The molecule has 0 saturated carbocycles. The second-order valence-corrected chi connectivity index (χ2v) is 6.59. The van der Waals surface area contributed by atoms with Gasteiger partial charge in [-0.15, -0.1) is 0 Å². The van der Waals surface area contributed by atoms with E-state index >= 15 is 0 Å². The molecular weight excluding hydrogens is 266 g/mol. The molecule has 2 rings (SSSR count). The van der Waals surface area contributed by atoms with Gasteiger partial charge in [-0.05, 0) is 60.2 Å². The molecule has 0 spiro atoms. The maximum absolute atomic E-state index is 11.7. The number of piperidine rings is 2. The van der Waals surface area contributed by atoms with Gasteiger partial charge in [0.15, 0.2) is 0 Å². The Kier molecular flexibility index (Phi) is 5.88. The van der Waals surface area contributed by atoms with Gasteiger partial charge < -0.3 is 19.4 Å². The van der Waals surface area contributed by atoms with Gasteiger partial charge in [0.1, 0.15) is 0 Å². The zero-order valence-electron chi connectivity index (χ0n) is 14.0. The maximum atomic E-state index is 11.7. The summed E-state index contributed by atoms with van der Waals surface area (Å²) in [5.41, 5.74) is 0. The Morgan fingerprint density at radius 3 is 2.38 bits per heavy atom. The molecule has 0 aromatic carbocycles. The highest BCUT2D eigenvalue weighted by Crippen LogP contribution is 2.25. The van der Waals surface area contributed by atoms with E-state index in [0.29, 0.717) is 24.7 Å². The molecule has 0 aromatic heterocycles. The lowest BCUT2D eigenvalue weighted by molar-refractivity contribution is 0.0436. The Bertz CT molecular complexity index is 342. The third-order valence-electron chi connectivity index (χ3n) is 5.32. The minimum absolute atomic E-state index is 0.147. The highest BCUT2D eigenvalue weighted by Gasteiger charge is 2.32. The van der Waals surface area contributed by atoms with Crippen LogP contribution in [0.4, 0.5) is 4.79 Å². The van der Waals surface area contributed by atoms with Crippen molar-refractivity contribution < 1.29 is 9.53 Å². The molecule has 2 fully saturated rings. The predicted molar refractivity (Wildman–Crippen MR) is 84.5 cm³/mol. The van der Waals surface area contributed by atoms with E-state index in [2.05, 4.69) is 30.8 Å². The summed E-state index contributed by atoms with van der Waals surface area (Å²) in [6, 6.07) is 1.97. The van der Waals surface area contributed by atoms with Crippen LogP contribution in [0.2, 0.25) is 0 Å². The first kappa shape index (κ1) is 16.6. The number of rotatable bonds is 3. The summed E-state index contributed by atoms with van der Waals surface area (Å²) in [4.78, 5) is 18.6. The first-order chi connectivity index (χ1) is 10.0. The molecule has 5 nitrogen and oxygen atoms in total. The minimum atomic E-state index is -0.147. The van der Waals surface area contributed by atoms with Gasteiger partial charge in [-0.1, -0.05) is 0 Å². The van der Waals surface area contributed by atoms with Crippen molar-refractivity contribution in [2.45, 2.75) is 57.7 Å². The van der Waals surface area contributed by atoms with E-state index in [0.717, 1.165) is 25.9 Å². The summed E-state index contributed by atoms with van der Waals surface area (Å²) in [7, 11) is 4.49. The number of carbonyl (C=O) groups is 1. The monoisotopic (exact) mass is 297 g/mol. The topological polar surface area (TPSA) is 36.0 Å². The number of hydrogen-bond donors (Lipinski definition) is 0. The lowest BCUT2D eigenvalue weighted by Gasteiger charge is -2.44. The summed E-state index contributed by atoms with van der Waals surface area (Å²) in [5, 5.41) is 0. The molecule has 0 N–H and O–H groups in total. The summed E-state index contributed by atoms with van der Waals surface area (Å²) >= 11 is 0. The average molecular weight is 297 g/mol. The smallest absolute Gasteiger partial charge is 0.409 e. The molecule has 2 aliphatic heterocycles. The lowest BCUT2D eigenvalue weighted by Crippen LogP contribution is -2.52. The highest BCUT2D eigenvalue weighted by molar-refractivity contribution is 5.67. The zero-order valence-corrected chi connectivity index (χ0v) is 14.0. The SMILES string of the molecule is CCOC(=O)N1CCC(N(C)[C@H]2CCN(C)[C@@H](C)C2)CC1. The van der Waals surface area contributed by atoms with Crippen molar-refractivity contribution in [1.82, 2.24) is 14.7 Å². The van der Waals surface area contributed by atoms with Crippen LogP contribution in [0.3, 0.4) is 0 Å². The van der Waals surface area contributed by atoms with Crippen LogP contribution >= 0.6 is 0 Å². The first-order valence-electron chi connectivity index (χ1n) is 8.36. The van der Waals surface area contributed by atoms with E-state index in [9.17, 15) is 4.79 Å². The number of hydrogen-bond acceptors (Lipinski definition) is 4. The number of nitrogens with zero attached hydrogens (tertiary/aromatic N) is 3. The summed E-state index contributed by atoms with van der Waals surface area (Å²) in [6.45, 7) is 7.50. The van der Waals surface area contributed by atoms with Crippen molar-refractivity contribution in [3.8, 4) is 0 Å². The Hall–Kier alpha value is -0.810. The second-order valence-electron chi connectivity index (χ2n) is 6.59. The summed E-state index contributed by atoms with van der Waals surface area (Å²) in [5.74, 6) is 0. The number of ether oxygens (including phenoxy) is 1. The summed E-state index contributed by atoms with van der Waals surface area (Å²) < 4.78 is 5.09. The van der Waals surface area contributed by atoms with Crippen molar-refractivity contribution in [3.05, 3.63) is 0 Å². The van der Waals surface area contributed by atoms with Gasteiger partial charge in [0, 0.05) is 31.2 Å². The lowest BCUT2D eigenvalue weighted by atomic mass is 9.94. The third-order valence-corrected chi connectivity index (χ3v) is 5.32. The first-order valence-corrected chi connectivity index (χ1v) is 8.36. The number of amides is 1. The van der Waals surface area contributed by atoms with Gasteiger partial charge in [-0.3, -0.25) is 0 Å². The minimum Gasteiger partial charge on any atom is -0.450 e. The fraction of sp³-hybridized carbons (Fsp3) is 0.938. The van der Waals surface area contributed by atoms with Crippen LogP contribution in [0.15, 0.2) is 0 Å². The molecule has 2 atom stereocenters. The molecular formula is C16H31N3O2. The van der Waals surface area contributed by atoms with Crippen molar-refractivity contribution in [2.24, 2.45) is 0 Å². The summed E-state index contributed by atoms with van der Waals surface area (Å²) in [6.07, 6.45) is 4.50. The molecule has 0 unspecified atom stereocenters. The Morgan fingerprint density at radius 2 is 1.81 bits per heavy atom. The van der Waals surface area contributed by atoms with Gasteiger partial charge in [-0.25, -0.2) is 4.79 Å². The van der Waals surface area contributed by atoms with Gasteiger partial charge in [0.2, 0.25) is 0 Å². The molecule has 122 valence electrons. The van der Waals surface area contributed by atoms with Crippen LogP contribution < -0.4 is 0 Å². The fourth-order valence-corrected chi connectivity index (χ4v) is 3.60. The molecule has 0 bridgehead atoms. The Morgan fingerprint density at radius 1 is 1.19 bits per heavy atom. The zero-order chi connectivity index (χ0) is 15.4. The number of carbonyl (C=O) groups excluding carboxylic acids is 1. The molecule has 21 heavy (non-hydrogen) atoms. The Labute approximate surface area is 129 Å². The average Bonchev–Trinajstić information content (AvgIpc) is 2.50. The van der Waals surface area contributed by atoms with Gasteiger partial charge in [-0.2, -0.15) is 0 Å². The van der Waals surface area contributed by atoms with E-state index in [-0.39, 0.29) is 6.09 Å². The van der Waals surface area contributed by atoms with Crippen molar-refractivity contribution in [1.29, 1.82) is 0 Å². The molecule has 2 saturated heterocycles.